The Labute approximate surface area is 159 Å². The molecule has 0 fully saturated rings. The van der Waals surface area contributed by atoms with Crippen molar-refractivity contribution < 1.29 is 9.59 Å². The second-order valence-electron chi connectivity index (χ2n) is 6.99. The second kappa shape index (κ2) is 8.24. The zero-order valence-electron chi connectivity index (χ0n) is 16.2. The number of rotatable bonds is 6. The number of imidazole rings is 1. The number of nitrogens with zero attached hydrogens (tertiary/aromatic N) is 3. The van der Waals surface area contributed by atoms with E-state index in [1.54, 1.807) is 0 Å². The van der Waals surface area contributed by atoms with Gasteiger partial charge in [-0.1, -0.05) is 6.92 Å². The van der Waals surface area contributed by atoms with Crippen LogP contribution in [0.3, 0.4) is 0 Å². The standard InChI is InChI=1S/C20H27N5O2/c1-4-12-21-19(26)17-16-7-5-6-13-25(16)18(23-17)20(27)22-14-8-10-15(11-9-14)24(2)3/h8-11H,4-7,12-13H2,1-3H3,(H,21,26)(H,22,27). The van der Waals surface area contributed by atoms with Crippen molar-refractivity contribution in [2.75, 3.05) is 30.9 Å². The third-order valence-electron chi connectivity index (χ3n) is 4.71. The molecule has 7 heteroatoms. The van der Waals surface area contributed by atoms with Gasteiger partial charge in [0.25, 0.3) is 11.8 Å². The molecule has 7 nitrogen and oxygen atoms in total. The van der Waals surface area contributed by atoms with E-state index in [2.05, 4.69) is 15.6 Å². The van der Waals surface area contributed by atoms with E-state index in [0.717, 1.165) is 37.1 Å². The number of aromatic nitrogens is 2. The molecular weight excluding hydrogens is 342 g/mol. The minimum absolute atomic E-state index is 0.197. The maximum absolute atomic E-state index is 12.8. The number of benzene rings is 1. The van der Waals surface area contributed by atoms with Gasteiger partial charge in [-0.3, -0.25) is 9.59 Å². The smallest absolute Gasteiger partial charge is 0.291 e. The van der Waals surface area contributed by atoms with Crippen LogP contribution in [0.4, 0.5) is 11.4 Å². The highest BCUT2D eigenvalue weighted by atomic mass is 16.2. The van der Waals surface area contributed by atoms with Gasteiger partial charge in [-0.15, -0.1) is 0 Å². The summed E-state index contributed by atoms with van der Waals surface area (Å²) in [6.45, 7) is 3.32. The number of anilines is 2. The minimum atomic E-state index is -0.287. The number of carbonyl (C=O) groups is 2. The third kappa shape index (κ3) is 4.13. The molecule has 3 rings (SSSR count). The fourth-order valence-electron chi connectivity index (χ4n) is 3.25. The van der Waals surface area contributed by atoms with Crippen LogP contribution < -0.4 is 15.5 Å². The predicted molar refractivity (Wildman–Crippen MR) is 107 cm³/mol. The van der Waals surface area contributed by atoms with E-state index >= 15 is 0 Å². The largest absolute Gasteiger partial charge is 0.378 e. The Balaban J connectivity index is 1.83. The Bertz CT molecular complexity index is 824. The average Bonchev–Trinajstić information content (AvgIpc) is 3.06. The molecule has 0 saturated heterocycles. The molecule has 2 aromatic rings. The topological polar surface area (TPSA) is 79.3 Å². The number of carbonyl (C=O) groups excluding carboxylic acids is 2. The monoisotopic (exact) mass is 369 g/mol. The lowest BCUT2D eigenvalue weighted by atomic mass is 10.1. The van der Waals surface area contributed by atoms with Crippen LogP contribution in [-0.4, -0.2) is 42.0 Å². The Morgan fingerprint density at radius 3 is 2.56 bits per heavy atom. The third-order valence-corrected chi connectivity index (χ3v) is 4.71. The van der Waals surface area contributed by atoms with Crippen LogP contribution in [0.5, 0.6) is 0 Å². The maximum atomic E-state index is 12.8. The molecule has 0 saturated carbocycles. The summed E-state index contributed by atoms with van der Waals surface area (Å²) in [5.74, 6) is -0.176. The Morgan fingerprint density at radius 1 is 1.15 bits per heavy atom. The maximum Gasteiger partial charge on any atom is 0.291 e. The molecule has 2 amide bonds. The van der Waals surface area contributed by atoms with Gasteiger partial charge < -0.3 is 20.1 Å². The number of hydrogen-bond donors (Lipinski definition) is 2. The van der Waals surface area contributed by atoms with Gasteiger partial charge >= 0.3 is 0 Å². The molecule has 1 aliphatic heterocycles. The molecule has 1 aliphatic rings. The van der Waals surface area contributed by atoms with Crippen molar-refractivity contribution in [3.8, 4) is 0 Å². The summed E-state index contributed by atoms with van der Waals surface area (Å²) in [5.41, 5.74) is 3.01. The van der Waals surface area contributed by atoms with E-state index in [1.165, 1.54) is 0 Å². The molecule has 144 valence electrons. The molecule has 0 unspecified atom stereocenters. The zero-order chi connectivity index (χ0) is 19.4. The fourth-order valence-corrected chi connectivity index (χ4v) is 3.25. The first kappa shape index (κ1) is 18.9. The molecule has 0 atom stereocenters. The highest BCUT2D eigenvalue weighted by Crippen LogP contribution is 2.22. The van der Waals surface area contributed by atoms with Crippen LogP contribution in [0.15, 0.2) is 24.3 Å². The van der Waals surface area contributed by atoms with Gasteiger partial charge in [-0.25, -0.2) is 4.98 Å². The predicted octanol–water partition coefficient (Wildman–Crippen LogP) is 2.68. The molecule has 27 heavy (non-hydrogen) atoms. The number of hydrogen-bond acceptors (Lipinski definition) is 4. The first-order valence-electron chi connectivity index (χ1n) is 9.47. The van der Waals surface area contributed by atoms with E-state index < -0.39 is 0 Å². The van der Waals surface area contributed by atoms with E-state index in [9.17, 15) is 9.59 Å². The fraction of sp³-hybridized carbons (Fsp3) is 0.450. The van der Waals surface area contributed by atoms with Crippen LogP contribution in [0.1, 0.15) is 53.0 Å². The van der Waals surface area contributed by atoms with Crippen molar-refractivity contribution in [2.45, 2.75) is 39.2 Å². The normalized spacial score (nSPS) is 13.0. The van der Waals surface area contributed by atoms with Crippen LogP contribution in [-0.2, 0) is 13.0 Å². The van der Waals surface area contributed by atoms with Gasteiger partial charge in [0.05, 0.1) is 5.69 Å². The van der Waals surface area contributed by atoms with Crippen LogP contribution in [0, 0.1) is 0 Å². The van der Waals surface area contributed by atoms with E-state index in [0.29, 0.717) is 30.3 Å². The summed E-state index contributed by atoms with van der Waals surface area (Å²) in [5, 5.41) is 5.76. The molecule has 2 N–H and O–H groups in total. The summed E-state index contributed by atoms with van der Waals surface area (Å²) in [7, 11) is 3.94. The van der Waals surface area contributed by atoms with E-state index in [-0.39, 0.29) is 11.8 Å². The van der Waals surface area contributed by atoms with Crippen molar-refractivity contribution in [3.63, 3.8) is 0 Å². The van der Waals surface area contributed by atoms with Crippen LogP contribution >= 0.6 is 0 Å². The number of nitrogens with one attached hydrogen (secondary N) is 2. The van der Waals surface area contributed by atoms with Crippen molar-refractivity contribution in [1.82, 2.24) is 14.9 Å². The highest BCUT2D eigenvalue weighted by molar-refractivity contribution is 6.03. The Kier molecular flexibility index (Phi) is 5.78. The highest BCUT2D eigenvalue weighted by Gasteiger charge is 2.27. The first-order chi connectivity index (χ1) is 13.0. The lowest BCUT2D eigenvalue weighted by molar-refractivity contribution is 0.0947. The SMILES string of the molecule is CCCNC(=O)c1nc(C(=O)Nc2ccc(N(C)C)cc2)n2c1CCCC2. The van der Waals surface area contributed by atoms with Gasteiger partial charge in [0.15, 0.2) is 5.82 Å². The molecule has 0 spiro atoms. The van der Waals surface area contributed by atoms with Gasteiger partial charge in [0.2, 0.25) is 0 Å². The number of amides is 2. The van der Waals surface area contributed by atoms with Gasteiger partial charge in [0.1, 0.15) is 5.69 Å². The first-order valence-corrected chi connectivity index (χ1v) is 9.47. The molecule has 0 aliphatic carbocycles. The van der Waals surface area contributed by atoms with Crippen molar-refractivity contribution in [1.29, 1.82) is 0 Å². The average molecular weight is 369 g/mol. The van der Waals surface area contributed by atoms with Crippen molar-refractivity contribution in [3.05, 3.63) is 41.5 Å². The van der Waals surface area contributed by atoms with Crippen LogP contribution in [0.25, 0.3) is 0 Å². The Hall–Kier alpha value is -2.83. The molecule has 1 aromatic heterocycles. The zero-order valence-corrected chi connectivity index (χ0v) is 16.2. The van der Waals surface area contributed by atoms with Gasteiger partial charge in [-0.2, -0.15) is 0 Å². The van der Waals surface area contributed by atoms with Crippen LogP contribution in [0.2, 0.25) is 0 Å². The second-order valence-corrected chi connectivity index (χ2v) is 6.99. The quantitative estimate of drug-likeness (QED) is 0.820. The summed E-state index contributed by atoms with van der Waals surface area (Å²) in [6, 6.07) is 7.62. The Morgan fingerprint density at radius 2 is 1.89 bits per heavy atom. The summed E-state index contributed by atoms with van der Waals surface area (Å²) in [4.78, 5) is 31.7. The molecule has 1 aromatic carbocycles. The lowest BCUT2D eigenvalue weighted by Gasteiger charge is -2.17. The lowest BCUT2D eigenvalue weighted by Crippen LogP contribution is -2.26. The molecular formula is C20H27N5O2. The molecule has 0 bridgehead atoms. The number of fused-ring (bicyclic) bond motifs is 1. The van der Waals surface area contributed by atoms with Crippen molar-refractivity contribution >= 4 is 23.2 Å². The van der Waals surface area contributed by atoms with E-state index in [4.69, 9.17) is 0 Å². The molecule has 2 heterocycles. The minimum Gasteiger partial charge on any atom is -0.378 e. The summed E-state index contributed by atoms with van der Waals surface area (Å²) >= 11 is 0. The van der Waals surface area contributed by atoms with Crippen molar-refractivity contribution in [2.24, 2.45) is 0 Å². The van der Waals surface area contributed by atoms with Gasteiger partial charge in [-0.05, 0) is 49.9 Å². The van der Waals surface area contributed by atoms with Gasteiger partial charge in [0, 0.05) is 38.6 Å². The van der Waals surface area contributed by atoms with E-state index in [1.807, 2.05) is 54.8 Å². The molecule has 0 radical (unpaired) electrons. The summed E-state index contributed by atoms with van der Waals surface area (Å²) in [6.07, 6.45) is 3.62. The summed E-state index contributed by atoms with van der Waals surface area (Å²) < 4.78 is 1.90.